The van der Waals surface area contributed by atoms with Crippen molar-refractivity contribution in [3.8, 4) is 5.69 Å². The van der Waals surface area contributed by atoms with E-state index in [2.05, 4.69) is 20.7 Å². The fourth-order valence-corrected chi connectivity index (χ4v) is 3.22. The number of nitrogens with zero attached hydrogens (tertiary/aromatic N) is 3. The Labute approximate surface area is 155 Å². The topological polar surface area (TPSA) is 88.9 Å². The van der Waals surface area contributed by atoms with Gasteiger partial charge in [-0.1, -0.05) is 12.1 Å². The van der Waals surface area contributed by atoms with Crippen LogP contribution in [-0.4, -0.2) is 33.1 Å². The van der Waals surface area contributed by atoms with Gasteiger partial charge in [-0.3, -0.25) is 9.59 Å². The minimum atomic E-state index is -0.237. The summed E-state index contributed by atoms with van der Waals surface area (Å²) >= 11 is 1.40. The van der Waals surface area contributed by atoms with Gasteiger partial charge < -0.3 is 10.6 Å². The van der Waals surface area contributed by atoms with Gasteiger partial charge in [0.25, 0.3) is 5.91 Å². The Morgan fingerprint density at radius 3 is 2.58 bits per heavy atom. The Balaban J connectivity index is 1.51. The van der Waals surface area contributed by atoms with Gasteiger partial charge in [-0.05, 0) is 43.7 Å². The van der Waals surface area contributed by atoms with Crippen LogP contribution in [0.25, 0.3) is 5.69 Å². The molecule has 0 unspecified atom stereocenters. The molecule has 0 fully saturated rings. The second-order valence-electron chi connectivity index (χ2n) is 5.81. The van der Waals surface area contributed by atoms with Crippen molar-refractivity contribution in [2.24, 2.45) is 0 Å². The summed E-state index contributed by atoms with van der Waals surface area (Å²) in [5, 5.41) is 9.59. The maximum Gasteiger partial charge on any atom is 0.261 e. The molecule has 134 valence electrons. The number of rotatable bonds is 6. The first-order chi connectivity index (χ1) is 12.5. The molecule has 2 amide bonds. The molecular weight excluding hydrogens is 350 g/mol. The Kier molecular flexibility index (Phi) is 5.43. The lowest BCUT2D eigenvalue weighted by Crippen LogP contribution is -2.37. The molecule has 0 aliphatic carbocycles. The number of aromatic nitrogens is 3. The van der Waals surface area contributed by atoms with Crippen LogP contribution in [0, 0.1) is 6.92 Å². The predicted octanol–water partition coefficient (Wildman–Crippen LogP) is 2.24. The summed E-state index contributed by atoms with van der Waals surface area (Å²) in [6, 6.07) is 11.1. The number of thiophene rings is 1. The number of amides is 2. The van der Waals surface area contributed by atoms with E-state index in [0.717, 1.165) is 16.1 Å². The molecule has 0 spiro atoms. The van der Waals surface area contributed by atoms with Crippen molar-refractivity contribution in [2.75, 3.05) is 6.54 Å². The molecule has 7 nitrogen and oxygen atoms in total. The molecule has 2 aromatic heterocycles. The van der Waals surface area contributed by atoms with E-state index in [9.17, 15) is 9.59 Å². The third-order valence-corrected chi connectivity index (χ3v) is 4.83. The number of hydrogen-bond acceptors (Lipinski definition) is 5. The standard InChI is InChI=1S/C18H19N5O2S/c1-12-3-8-16(26-12)18(25)20-9-17(24)22-13(2)14-4-6-15(7-5-14)23-11-19-10-21-23/h3-8,10-11,13H,9H2,1-2H3,(H,20,25)(H,22,24)/t13-/m1/s1. The number of nitrogens with one attached hydrogen (secondary N) is 2. The lowest BCUT2D eigenvalue weighted by atomic mass is 10.1. The van der Waals surface area contributed by atoms with E-state index in [1.165, 1.54) is 17.7 Å². The zero-order valence-corrected chi connectivity index (χ0v) is 15.3. The van der Waals surface area contributed by atoms with Crippen LogP contribution < -0.4 is 10.6 Å². The van der Waals surface area contributed by atoms with E-state index in [1.54, 1.807) is 17.1 Å². The van der Waals surface area contributed by atoms with Crippen molar-refractivity contribution in [2.45, 2.75) is 19.9 Å². The minimum Gasteiger partial charge on any atom is -0.348 e. The molecule has 0 aliphatic rings. The Hall–Kier alpha value is -3.00. The first-order valence-electron chi connectivity index (χ1n) is 8.12. The number of hydrogen-bond donors (Lipinski definition) is 2. The van der Waals surface area contributed by atoms with E-state index in [0.29, 0.717) is 4.88 Å². The maximum atomic E-state index is 12.1. The third-order valence-electron chi connectivity index (χ3n) is 3.83. The summed E-state index contributed by atoms with van der Waals surface area (Å²) < 4.78 is 1.66. The van der Waals surface area contributed by atoms with Gasteiger partial charge in [0, 0.05) is 4.88 Å². The highest BCUT2D eigenvalue weighted by molar-refractivity contribution is 7.13. The first-order valence-corrected chi connectivity index (χ1v) is 8.93. The van der Waals surface area contributed by atoms with E-state index in [-0.39, 0.29) is 24.4 Å². The van der Waals surface area contributed by atoms with Gasteiger partial charge in [0.15, 0.2) is 0 Å². The van der Waals surface area contributed by atoms with Crippen molar-refractivity contribution in [3.63, 3.8) is 0 Å². The van der Waals surface area contributed by atoms with Crippen molar-refractivity contribution < 1.29 is 9.59 Å². The van der Waals surface area contributed by atoms with Crippen LogP contribution in [0.3, 0.4) is 0 Å². The normalized spacial score (nSPS) is 11.8. The van der Waals surface area contributed by atoms with Crippen LogP contribution in [0.1, 0.15) is 33.1 Å². The molecule has 1 atom stereocenters. The summed E-state index contributed by atoms with van der Waals surface area (Å²) in [6.45, 7) is 3.77. The highest BCUT2D eigenvalue weighted by Crippen LogP contribution is 2.16. The predicted molar refractivity (Wildman–Crippen MR) is 99.3 cm³/mol. The molecular formula is C18H19N5O2S. The van der Waals surface area contributed by atoms with Gasteiger partial charge >= 0.3 is 0 Å². The highest BCUT2D eigenvalue weighted by atomic mass is 32.1. The van der Waals surface area contributed by atoms with Crippen molar-refractivity contribution in [1.82, 2.24) is 25.4 Å². The van der Waals surface area contributed by atoms with Gasteiger partial charge in [0.2, 0.25) is 5.91 Å². The van der Waals surface area contributed by atoms with Gasteiger partial charge in [-0.15, -0.1) is 11.3 Å². The van der Waals surface area contributed by atoms with Gasteiger partial charge in [0.05, 0.1) is 23.2 Å². The molecule has 3 rings (SSSR count). The molecule has 0 saturated carbocycles. The second-order valence-corrected chi connectivity index (χ2v) is 7.10. The van der Waals surface area contributed by atoms with Crippen LogP contribution in [0.15, 0.2) is 49.1 Å². The molecule has 2 N–H and O–H groups in total. The number of carbonyl (C=O) groups is 2. The molecule has 0 saturated heterocycles. The summed E-state index contributed by atoms with van der Waals surface area (Å²) in [5.74, 6) is -0.470. The average Bonchev–Trinajstić information content (AvgIpc) is 3.31. The second kappa shape index (κ2) is 7.92. The lowest BCUT2D eigenvalue weighted by molar-refractivity contribution is -0.120. The van der Waals surface area contributed by atoms with Crippen molar-refractivity contribution >= 4 is 23.2 Å². The molecule has 0 aliphatic heterocycles. The van der Waals surface area contributed by atoms with Crippen molar-refractivity contribution in [3.05, 3.63) is 64.4 Å². The molecule has 2 heterocycles. The minimum absolute atomic E-state index is 0.0584. The molecule has 26 heavy (non-hydrogen) atoms. The first kappa shape index (κ1) is 17.8. The van der Waals surface area contributed by atoms with E-state index < -0.39 is 0 Å². The van der Waals surface area contributed by atoms with Crippen LogP contribution in [0.2, 0.25) is 0 Å². The van der Waals surface area contributed by atoms with Gasteiger partial charge in [-0.25, -0.2) is 9.67 Å². The zero-order valence-electron chi connectivity index (χ0n) is 14.5. The number of carbonyl (C=O) groups excluding carboxylic acids is 2. The lowest BCUT2D eigenvalue weighted by Gasteiger charge is -2.15. The molecule has 0 radical (unpaired) electrons. The van der Waals surface area contributed by atoms with Crippen LogP contribution in [0.4, 0.5) is 0 Å². The summed E-state index contributed by atoms with van der Waals surface area (Å²) in [6.07, 6.45) is 3.10. The van der Waals surface area contributed by atoms with Crippen molar-refractivity contribution in [1.29, 1.82) is 0 Å². The van der Waals surface area contributed by atoms with E-state index in [1.807, 2.05) is 44.2 Å². The Morgan fingerprint density at radius 2 is 1.96 bits per heavy atom. The fourth-order valence-electron chi connectivity index (χ4n) is 2.44. The maximum absolute atomic E-state index is 12.1. The van der Waals surface area contributed by atoms with Crippen LogP contribution in [-0.2, 0) is 4.79 Å². The number of benzene rings is 1. The largest absolute Gasteiger partial charge is 0.348 e. The molecule has 8 heteroatoms. The van der Waals surface area contributed by atoms with Gasteiger partial charge in [0.1, 0.15) is 12.7 Å². The van der Waals surface area contributed by atoms with Crippen LogP contribution in [0.5, 0.6) is 0 Å². The fraction of sp³-hybridized carbons (Fsp3) is 0.222. The number of aryl methyl sites for hydroxylation is 1. The van der Waals surface area contributed by atoms with Gasteiger partial charge in [-0.2, -0.15) is 5.10 Å². The summed E-state index contributed by atoms with van der Waals surface area (Å²) in [5.41, 5.74) is 1.85. The quantitative estimate of drug-likeness (QED) is 0.697. The smallest absolute Gasteiger partial charge is 0.261 e. The molecule has 3 aromatic rings. The summed E-state index contributed by atoms with van der Waals surface area (Å²) in [4.78, 5) is 29.6. The molecule has 0 bridgehead atoms. The molecule has 1 aromatic carbocycles. The van der Waals surface area contributed by atoms with E-state index >= 15 is 0 Å². The zero-order chi connectivity index (χ0) is 18.5. The third kappa shape index (κ3) is 4.34. The monoisotopic (exact) mass is 369 g/mol. The Bertz CT molecular complexity index is 887. The van der Waals surface area contributed by atoms with E-state index in [4.69, 9.17) is 0 Å². The summed E-state index contributed by atoms with van der Waals surface area (Å²) in [7, 11) is 0. The van der Waals surface area contributed by atoms with Crippen LogP contribution >= 0.6 is 11.3 Å². The highest BCUT2D eigenvalue weighted by Gasteiger charge is 2.13. The SMILES string of the molecule is Cc1ccc(C(=O)NCC(=O)N[C@H](C)c2ccc(-n3cncn3)cc2)s1. The average molecular weight is 369 g/mol. The Morgan fingerprint density at radius 1 is 1.19 bits per heavy atom.